The maximum absolute atomic E-state index is 9.65. The molecule has 0 aromatic carbocycles. The molecule has 16 heavy (non-hydrogen) atoms. The first-order chi connectivity index (χ1) is 7.81. The van der Waals surface area contributed by atoms with Crippen LogP contribution in [-0.4, -0.2) is 38.1 Å². The summed E-state index contributed by atoms with van der Waals surface area (Å²) >= 11 is 0. The van der Waals surface area contributed by atoms with E-state index in [0.29, 0.717) is 19.8 Å². The molecule has 0 aliphatic carbocycles. The minimum atomic E-state index is -0.191. The molecule has 3 nitrogen and oxygen atoms in total. The van der Waals surface area contributed by atoms with E-state index in [1.807, 2.05) is 0 Å². The molecule has 1 N–H and O–H groups in total. The summed E-state index contributed by atoms with van der Waals surface area (Å²) in [5.41, 5.74) is 0. The Labute approximate surface area is 100 Å². The quantitative estimate of drug-likeness (QED) is 0.526. The molecule has 0 saturated carbocycles. The summed E-state index contributed by atoms with van der Waals surface area (Å²) in [6, 6.07) is 0. The molecular weight excluding hydrogens is 204 g/mol. The molecule has 0 spiro atoms. The van der Waals surface area contributed by atoms with Crippen molar-refractivity contribution in [1.29, 1.82) is 0 Å². The monoisotopic (exact) mass is 232 g/mol. The van der Waals surface area contributed by atoms with E-state index in [1.54, 1.807) is 7.11 Å². The van der Waals surface area contributed by atoms with Crippen LogP contribution in [0.1, 0.15) is 51.9 Å². The van der Waals surface area contributed by atoms with Crippen molar-refractivity contribution in [3.8, 4) is 0 Å². The standard InChI is InChI=1S/C13H28O3/c1-3-4-5-6-7-8-13(14)9-10-16-12-11-15-2/h13-14H,3-12H2,1-2H3. The van der Waals surface area contributed by atoms with Crippen LogP contribution in [0.3, 0.4) is 0 Å². The van der Waals surface area contributed by atoms with Gasteiger partial charge in [-0.2, -0.15) is 0 Å². The van der Waals surface area contributed by atoms with E-state index in [-0.39, 0.29) is 6.10 Å². The predicted octanol–water partition coefficient (Wildman–Crippen LogP) is 2.76. The van der Waals surface area contributed by atoms with Gasteiger partial charge in [0, 0.05) is 13.7 Å². The Bertz CT molecular complexity index is 114. The van der Waals surface area contributed by atoms with Crippen LogP contribution in [0, 0.1) is 0 Å². The average molecular weight is 232 g/mol. The molecule has 1 atom stereocenters. The fourth-order valence-electron chi connectivity index (χ4n) is 1.59. The summed E-state index contributed by atoms with van der Waals surface area (Å²) < 4.78 is 10.2. The highest BCUT2D eigenvalue weighted by molar-refractivity contribution is 4.55. The molecule has 0 radical (unpaired) electrons. The van der Waals surface area contributed by atoms with Crippen LogP contribution in [0.5, 0.6) is 0 Å². The highest BCUT2D eigenvalue weighted by atomic mass is 16.5. The minimum absolute atomic E-state index is 0.191. The van der Waals surface area contributed by atoms with Crippen molar-refractivity contribution in [2.45, 2.75) is 58.0 Å². The van der Waals surface area contributed by atoms with E-state index in [1.165, 1.54) is 25.7 Å². The van der Waals surface area contributed by atoms with Crippen molar-refractivity contribution in [2.75, 3.05) is 26.9 Å². The predicted molar refractivity (Wildman–Crippen MR) is 66.7 cm³/mol. The van der Waals surface area contributed by atoms with Gasteiger partial charge in [0.15, 0.2) is 0 Å². The van der Waals surface area contributed by atoms with Gasteiger partial charge in [0.2, 0.25) is 0 Å². The first-order valence-electron chi connectivity index (χ1n) is 6.56. The highest BCUT2D eigenvalue weighted by Crippen LogP contribution is 2.09. The maximum atomic E-state index is 9.65. The molecule has 0 aliphatic heterocycles. The van der Waals surface area contributed by atoms with Crippen molar-refractivity contribution in [3.63, 3.8) is 0 Å². The number of rotatable bonds is 12. The minimum Gasteiger partial charge on any atom is -0.393 e. The normalized spacial score (nSPS) is 12.9. The molecule has 0 saturated heterocycles. The van der Waals surface area contributed by atoms with Gasteiger partial charge >= 0.3 is 0 Å². The second kappa shape index (κ2) is 12.9. The highest BCUT2D eigenvalue weighted by Gasteiger charge is 2.03. The molecule has 0 aromatic heterocycles. The number of methoxy groups -OCH3 is 1. The summed E-state index contributed by atoms with van der Waals surface area (Å²) in [5.74, 6) is 0. The number of aliphatic hydroxyl groups is 1. The number of aliphatic hydroxyl groups excluding tert-OH is 1. The summed E-state index contributed by atoms with van der Waals surface area (Å²) in [6.07, 6.45) is 7.74. The van der Waals surface area contributed by atoms with Crippen LogP contribution in [0.15, 0.2) is 0 Å². The molecule has 0 bridgehead atoms. The van der Waals surface area contributed by atoms with Crippen LogP contribution in [-0.2, 0) is 9.47 Å². The van der Waals surface area contributed by atoms with Gasteiger partial charge in [-0.05, 0) is 12.8 Å². The fraction of sp³-hybridized carbons (Fsp3) is 1.00. The molecular formula is C13H28O3. The van der Waals surface area contributed by atoms with Crippen LogP contribution < -0.4 is 0 Å². The SMILES string of the molecule is CCCCCCCC(O)CCOCCOC. The molecule has 0 fully saturated rings. The van der Waals surface area contributed by atoms with Crippen LogP contribution in [0.4, 0.5) is 0 Å². The zero-order valence-electron chi connectivity index (χ0n) is 10.9. The Hall–Kier alpha value is -0.120. The van der Waals surface area contributed by atoms with E-state index >= 15 is 0 Å². The van der Waals surface area contributed by atoms with Gasteiger partial charge in [0.25, 0.3) is 0 Å². The van der Waals surface area contributed by atoms with Gasteiger partial charge in [-0.3, -0.25) is 0 Å². The first-order valence-corrected chi connectivity index (χ1v) is 6.56. The molecule has 0 rings (SSSR count). The number of hydrogen-bond donors (Lipinski definition) is 1. The molecule has 98 valence electrons. The Balaban J connectivity index is 3.09. The van der Waals surface area contributed by atoms with Gasteiger partial charge in [0.05, 0.1) is 19.3 Å². The second-order valence-corrected chi connectivity index (χ2v) is 4.25. The lowest BCUT2D eigenvalue weighted by molar-refractivity contribution is 0.0454. The Kier molecular flexibility index (Phi) is 12.9. The van der Waals surface area contributed by atoms with E-state index in [9.17, 15) is 5.11 Å². The van der Waals surface area contributed by atoms with Crippen LogP contribution >= 0.6 is 0 Å². The van der Waals surface area contributed by atoms with Crippen molar-refractivity contribution >= 4 is 0 Å². The lowest BCUT2D eigenvalue weighted by atomic mass is 10.1. The molecule has 0 aromatic rings. The zero-order valence-corrected chi connectivity index (χ0v) is 10.9. The third kappa shape index (κ3) is 12.0. The third-order valence-electron chi connectivity index (χ3n) is 2.67. The molecule has 0 aliphatic rings. The van der Waals surface area contributed by atoms with E-state index in [0.717, 1.165) is 19.3 Å². The van der Waals surface area contributed by atoms with Crippen molar-refractivity contribution in [2.24, 2.45) is 0 Å². The van der Waals surface area contributed by atoms with Crippen LogP contribution in [0.2, 0.25) is 0 Å². The Morgan fingerprint density at radius 3 is 2.38 bits per heavy atom. The third-order valence-corrected chi connectivity index (χ3v) is 2.67. The fourth-order valence-corrected chi connectivity index (χ4v) is 1.59. The van der Waals surface area contributed by atoms with Gasteiger partial charge in [-0.1, -0.05) is 39.0 Å². The lowest BCUT2D eigenvalue weighted by Gasteiger charge is -2.10. The number of hydrogen-bond acceptors (Lipinski definition) is 3. The largest absolute Gasteiger partial charge is 0.393 e. The van der Waals surface area contributed by atoms with Crippen molar-refractivity contribution in [3.05, 3.63) is 0 Å². The lowest BCUT2D eigenvalue weighted by Crippen LogP contribution is -2.12. The van der Waals surface area contributed by atoms with Crippen molar-refractivity contribution in [1.82, 2.24) is 0 Å². The first kappa shape index (κ1) is 15.9. The van der Waals surface area contributed by atoms with Gasteiger partial charge in [0.1, 0.15) is 0 Å². The van der Waals surface area contributed by atoms with Crippen molar-refractivity contribution < 1.29 is 14.6 Å². The molecule has 1 unspecified atom stereocenters. The van der Waals surface area contributed by atoms with E-state index < -0.39 is 0 Å². The van der Waals surface area contributed by atoms with Crippen LogP contribution in [0.25, 0.3) is 0 Å². The van der Waals surface area contributed by atoms with Gasteiger partial charge in [-0.25, -0.2) is 0 Å². The van der Waals surface area contributed by atoms with E-state index in [4.69, 9.17) is 9.47 Å². The molecule has 0 heterocycles. The summed E-state index contributed by atoms with van der Waals surface area (Å²) in [7, 11) is 1.66. The summed E-state index contributed by atoms with van der Waals surface area (Å²) in [5, 5.41) is 9.65. The van der Waals surface area contributed by atoms with E-state index in [2.05, 4.69) is 6.92 Å². The maximum Gasteiger partial charge on any atom is 0.0700 e. The number of ether oxygens (including phenoxy) is 2. The Morgan fingerprint density at radius 1 is 0.938 bits per heavy atom. The topological polar surface area (TPSA) is 38.7 Å². The average Bonchev–Trinajstić information content (AvgIpc) is 2.28. The smallest absolute Gasteiger partial charge is 0.0700 e. The van der Waals surface area contributed by atoms with Gasteiger partial charge < -0.3 is 14.6 Å². The van der Waals surface area contributed by atoms with Gasteiger partial charge in [-0.15, -0.1) is 0 Å². The zero-order chi connectivity index (χ0) is 12.1. The number of unbranched alkanes of at least 4 members (excludes halogenated alkanes) is 4. The Morgan fingerprint density at radius 2 is 1.69 bits per heavy atom. The summed E-state index contributed by atoms with van der Waals surface area (Å²) in [6.45, 7) is 4.11. The second-order valence-electron chi connectivity index (χ2n) is 4.25. The molecule has 0 amide bonds. The summed E-state index contributed by atoms with van der Waals surface area (Å²) in [4.78, 5) is 0. The molecule has 3 heteroatoms.